The summed E-state index contributed by atoms with van der Waals surface area (Å²) < 4.78 is 12.2. The number of rotatable bonds is 6. The molecule has 2 aromatic rings. The SMILES string of the molecule is CCOc1cc(/C=N\NC(=O)c2cccc(Br)c2)cc(I)c1OC(C)=O. The Kier molecular flexibility index (Phi) is 7.58. The molecule has 8 heteroatoms. The molecule has 0 bridgehead atoms. The number of ether oxygens (including phenoxy) is 2. The molecule has 0 radical (unpaired) electrons. The van der Waals surface area contributed by atoms with Gasteiger partial charge in [0.1, 0.15) is 0 Å². The van der Waals surface area contributed by atoms with E-state index in [0.717, 1.165) is 4.47 Å². The molecule has 136 valence electrons. The highest BCUT2D eigenvalue weighted by Crippen LogP contribution is 2.34. The minimum absolute atomic E-state index is 0.321. The first-order chi connectivity index (χ1) is 12.4. The van der Waals surface area contributed by atoms with E-state index < -0.39 is 5.97 Å². The molecule has 2 rings (SSSR count). The second kappa shape index (κ2) is 9.67. The lowest BCUT2D eigenvalue weighted by Gasteiger charge is -2.12. The highest BCUT2D eigenvalue weighted by Gasteiger charge is 2.13. The summed E-state index contributed by atoms with van der Waals surface area (Å²) in [6, 6.07) is 10.5. The number of benzene rings is 2. The number of carbonyl (C=O) groups excluding carboxylic acids is 2. The normalized spacial score (nSPS) is 10.6. The zero-order valence-electron chi connectivity index (χ0n) is 14.1. The van der Waals surface area contributed by atoms with Crippen LogP contribution < -0.4 is 14.9 Å². The fraction of sp³-hybridized carbons (Fsp3) is 0.167. The number of nitrogens with one attached hydrogen (secondary N) is 1. The third-order valence-electron chi connectivity index (χ3n) is 3.04. The van der Waals surface area contributed by atoms with E-state index in [2.05, 4.69) is 49.0 Å². The molecular formula is C18H16BrIN2O4. The molecule has 0 unspecified atom stereocenters. The summed E-state index contributed by atoms with van der Waals surface area (Å²) in [5.41, 5.74) is 3.66. The molecule has 0 saturated heterocycles. The van der Waals surface area contributed by atoms with Gasteiger partial charge in [0.15, 0.2) is 11.5 Å². The number of nitrogens with zero attached hydrogens (tertiary/aromatic N) is 1. The van der Waals surface area contributed by atoms with Crippen LogP contribution in [0.1, 0.15) is 29.8 Å². The Morgan fingerprint density at radius 1 is 1.31 bits per heavy atom. The van der Waals surface area contributed by atoms with E-state index in [1.165, 1.54) is 13.1 Å². The van der Waals surface area contributed by atoms with Gasteiger partial charge in [-0.1, -0.05) is 22.0 Å². The summed E-state index contributed by atoms with van der Waals surface area (Å²) in [6.07, 6.45) is 1.50. The maximum atomic E-state index is 12.1. The van der Waals surface area contributed by atoms with Crippen LogP contribution in [0.25, 0.3) is 0 Å². The van der Waals surface area contributed by atoms with Crippen molar-refractivity contribution in [2.24, 2.45) is 5.10 Å². The van der Waals surface area contributed by atoms with Crippen LogP contribution >= 0.6 is 38.5 Å². The van der Waals surface area contributed by atoms with Gasteiger partial charge in [-0.25, -0.2) is 5.43 Å². The maximum absolute atomic E-state index is 12.1. The third-order valence-corrected chi connectivity index (χ3v) is 4.34. The van der Waals surface area contributed by atoms with Crippen molar-refractivity contribution >= 4 is 56.6 Å². The monoisotopic (exact) mass is 530 g/mol. The summed E-state index contributed by atoms with van der Waals surface area (Å²) in [7, 11) is 0. The van der Waals surface area contributed by atoms with Crippen molar-refractivity contribution in [3.8, 4) is 11.5 Å². The first-order valence-corrected chi connectivity index (χ1v) is 9.51. The second-order valence-corrected chi connectivity index (χ2v) is 7.14. The quantitative estimate of drug-likeness (QED) is 0.200. The zero-order chi connectivity index (χ0) is 19.1. The van der Waals surface area contributed by atoms with Crippen LogP contribution in [0, 0.1) is 3.57 Å². The average molecular weight is 531 g/mol. The van der Waals surface area contributed by atoms with Gasteiger partial charge in [-0.05, 0) is 65.4 Å². The van der Waals surface area contributed by atoms with Crippen LogP contribution in [0.2, 0.25) is 0 Å². The molecule has 0 aromatic heterocycles. The predicted molar refractivity (Wildman–Crippen MR) is 111 cm³/mol. The Morgan fingerprint density at radius 3 is 2.73 bits per heavy atom. The van der Waals surface area contributed by atoms with Gasteiger partial charge in [-0.3, -0.25) is 9.59 Å². The van der Waals surface area contributed by atoms with Crippen LogP contribution in [-0.4, -0.2) is 24.7 Å². The highest BCUT2D eigenvalue weighted by molar-refractivity contribution is 14.1. The van der Waals surface area contributed by atoms with Gasteiger partial charge < -0.3 is 9.47 Å². The van der Waals surface area contributed by atoms with Gasteiger partial charge in [0.05, 0.1) is 16.4 Å². The molecule has 0 spiro atoms. The Bertz CT molecular complexity index is 855. The van der Waals surface area contributed by atoms with E-state index in [0.29, 0.717) is 32.8 Å². The van der Waals surface area contributed by atoms with Crippen molar-refractivity contribution in [3.63, 3.8) is 0 Å². The number of amides is 1. The topological polar surface area (TPSA) is 77.0 Å². The molecule has 26 heavy (non-hydrogen) atoms. The first-order valence-electron chi connectivity index (χ1n) is 7.64. The van der Waals surface area contributed by atoms with Crippen LogP contribution in [-0.2, 0) is 4.79 Å². The largest absolute Gasteiger partial charge is 0.490 e. The Hall–Kier alpha value is -1.94. The van der Waals surface area contributed by atoms with Crippen molar-refractivity contribution in [2.45, 2.75) is 13.8 Å². The first kappa shape index (κ1) is 20.4. The molecule has 2 aromatic carbocycles. The molecule has 0 heterocycles. The standard InChI is InChI=1S/C18H16BrIN2O4/c1-3-25-16-8-12(7-15(20)17(16)26-11(2)23)10-21-22-18(24)13-5-4-6-14(19)9-13/h4-10H,3H2,1-2H3,(H,22,24)/b21-10-. The highest BCUT2D eigenvalue weighted by atomic mass is 127. The second-order valence-electron chi connectivity index (χ2n) is 5.07. The molecular weight excluding hydrogens is 515 g/mol. The third kappa shape index (κ3) is 5.80. The summed E-state index contributed by atoms with van der Waals surface area (Å²) >= 11 is 5.37. The van der Waals surface area contributed by atoms with Gasteiger partial charge in [0.2, 0.25) is 0 Å². The minimum Gasteiger partial charge on any atom is -0.490 e. The van der Waals surface area contributed by atoms with Crippen molar-refractivity contribution in [1.29, 1.82) is 0 Å². The fourth-order valence-corrected chi connectivity index (χ4v) is 3.16. The summed E-state index contributed by atoms with van der Waals surface area (Å²) in [4.78, 5) is 23.3. The van der Waals surface area contributed by atoms with Crippen molar-refractivity contribution in [3.05, 3.63) is 55.6 Å². The lowest BCUT2D eigenvalue weighted by Crippen LogP contribution is -2.17. The lowest BCUT2D eigenvalue weighted by atomic mass is 10.2. The van der Waals surface area contributed by atoms with E-state index in [-0.39, 0.29) is 5.91 Å². The maximum Gasteiger partial charge on any atom is 0.308 e. The zero-order valence-corrected chi connectivity index (χ0v) is 17.8. The lowest BCUT2D eigenvalue weighted by molar-refractivity contribution is -0.132. The Labute approximate surface area is 173 Å². The van der Waals surface area contributed by atoms with E-state index >= 15 is 0 Å². The Balaban J connectivity index is 2.16. The van der Waals surface area contributed by atoms with E-state index in [1.54, 1.807) is 30.3 Å². The van der Waals surface area contributed by atoms with Crippen LogP contribution in [0.15, 0.2) is 46.0 Å². The number of hydrogen-bond acceptors (Lipinski definition) is 5. The summed E-state index contributed by atoms with van der Waals surface area (Å²) in [6.45, 7) is 3.59. The van der Waals surface area contributed by atoms with Crippen molar-refractivity contribution in [2.75, 3.05) is 6.61 Å². The molecule has 0 aliphatic carbocycles. The van der Waals surface area contributed by atoms with E-state index in [1.807, 2.05) is 13.0 Å². The van der Waals surface area contributed by atoms with Crippen LogP contribution in [0.4, 0.5) is 0 Å². The molecule has 6 nitrogen and oxygen atoms in total. The molecule has 0 fully saturated rings. The van der Waals surface area contributed by atoms with Gasteiger partial charge in [-0.15, -0.1) is 0 Å². The predicted octanol–water partition coefficient (Wildman–Crippen LogP) is 4.14. The van der Waals surface area contributed by atoms with Crippen LogP contribution in [0.5, 0.6) is 11.5 Å². The van der Waals surface area contributed by atoms with E-state index in [9.17, 15) is 9.59 Å². The summed E-state index contributed by atoms with van der Waals surface area (Å²) in [5, 5.41) is 3.97. The Morgan fingerprint density at radius 2 is 2.08 bits per heavy atom. The van der Waals surface area contributed by atoms with Crippen LogP contribution in [0.3, 0.4) is 0 Å². The van der Waals surface area contributed by atoms with Crippen molar-refractivity contribution in [1.82, 2.24) is 5.43 Å². The van der Waals surface area contributed by atoms with Gasteiger partial charge in [0, 0.05) is 17.0 Å². The van der Waals surface area contributed by atoms with E-state index in [4.69, 9.17) is 9.47 Å². The number of hydrogen-bond donors (Lipinski definition) is 1. The molecule has 0 saturated carbocycles. The number of halogens is 2. The molecule has 0 atom stereocenters. The van der Waals surface area contributed by atoms with Gasteiger partial charge in [-0.2, -0.15) is 5.10 Å². The number of esters is 1. The van der Waals surface area contributed by atoms with Gasteiger partial charge in [0.25, 0.3) is 5.91 Å². The smallest absolute Gasteiger partial charge is 0.308 e. The average Bonchev–Trinajstić information content (AvgIpc) is 2.58. The fourth-order valence-electron chi connectivity index (χ4n) is 2.03. The minimum atomic E-state index is -0.424. The molecule has 0 aliphatic rings. The van der Waals surface area contributed by atoms with Gasteiger partial charge >= 0.3 is 5.97 Å². The molecule has 1 amide bonds. The summed E-state index contributed by atoms with van der Waals surface area (Å²) in [5.74, 6) is 0.0648. The van der Waals surface area contributed by atoms with Crippen molar-refractivity contribution < 1.29 is 19.1 Å². The number of hydrazone groups is 1. The molecule has 1 N–H and O–H groups in total. The number of carbonyl (C=O) groups is 2. The molecule has 0 aliphatic heterocycles.